The lowest BCUT2D eigenvalue weighted by Crippen LogP contribution is -2.46. The van der Waals surface area contributed by atoms with E-state index in [1.165, 1.54) is 6.07 Å². The maximum absolute atomic E-state index is 12.3. The Hall–Kier alpha value is -0.400. The predicted molar refractivity (Wildman–Crippen MR) is 83.7 cm³/mol. The van der Waals surface area contributed by atoms with Crippen molar-refractivity contribution < 1.29 is 13.5 Å². The fraction of sp³-hybridized carbons (Fsp3) is 0.538. The Morgan fingerprint density at radius 2 is 2.20 bits per heavy atom. The number of halogens is 1. The largest absolute Gasteiger partial charge is 0.391 e. The molecule has 3 atom stereocenters. The lowest BCUT2D eigenvalue weighted by Gasteiger charge is -2.28. The van der Waals surface area contributed by atoms with Crippen LogP contribution < -0.4 is 4.72 Å². The highest BCUT2D eigenvalue weighted by Crippen LogP contribution is 2.26. The Bertz CT molecular complexity index is 542. The molecule has 1 aromatic heterocycles. The van der Waals surface area contributed by atoms with Crippen molar-refractivity contribution in [1.29, 1.82) is 0 Å². The van der Waals surface area contributed by atoms with E-state index in [1.54, 1.807) is 12.1 Å². The number of thiophene rings is 1. The van der Waals surface area contributed by atoms with E-state index in [4.69, 9.17) is 11.6 Å². The minimum atomic E-state index is -3.67. The van der Waals surface area contributed by atoms with Gasteiger partial charge in [-0.1, -0.05) is 37.9 Å². The molecule has 0 aliphatic heterocycles. The normalized spacial score (nSPS) is 16.6. The minimum absolute atomic E-state index is 0.00941. The first-order valence-electron chi connectivity index (χ1n) is 6.38. The molecule has 114 valence electrons. The van der Waals surface area contributed by atoms with Gasteiger partial charge in [0.25, 0.3) is 0 Å². The SMILES string of the molecule is C=CC[C@H](O)C(NS(=O)(=O)c1ccc(Cl)s1)[C@@H](C)CC. The van der Waals surface area contributed by atoms with Crippen molar-refractivity contribution in [2.45, 2.75) is 43.0 Å². The molecule has 0 saturated carbocycles. The van der Waals surface area contributed by atoms with Crippen molar-refractivity contribution in [2.24, 2.45) is 5.92 Å². The average molecular weight is 338 g/mol. The number of rotatable bonds is 8. The van der Waals surface area contributed by atoms with Crippen LogP contribution in [0.25, 0.3) is 0 Å². The summed E-state index contributed by atoms with van der Waals surface area (Å²) in [6, 6.07) is 2.45. The second-order valence-corrected chi connectivity index (χ2v) is 8.34. The molecule has 0 aliphatic rings. The Morgan fingerprint density at radius 3 is 2.65 bits per heavy atom. The van der Waals surface area contributed by atoms with Crippen LogP contribution in [-0.2, 0) is 10.0 Å². The molecule has 1 aromatic rings. The summed E-state index contributed by atoms with van der Waals surface area (Å²) in [7, 11) is -3.67. The van der Waals surface area contributed by atoms with Crippen LogP contribution in [0.4, 0.5) is 0 Å². The third-order valence-corrected chi connectivity index (χ3v) is 6.37. The number of nitrogens with one attached hydrogen (secondary N) is 1. The zero-order valence-corrected chi connectivity index (χ0v) is 13.9. The number of hydrogen-bond acceptors (Lipinski definition) is 4. The molecule has 0 amide bonds. The van der Waals surface area contributed by atoms with E-state index >= 15 is 0 Å². The van der Waals surface area contributed by atoms with Gasteiger partial charge in [0.2, 0.25) is 10.0 Å². The smallest absolute Gasteiger partial charge is 0.250 e. The monoisotopic (exact) mass is 337 g/mol. The van der Waals surface area contributed by atoms with Crippen molar-refractivity contribution in [3.05, 3.63) is 29.1 Å². The number of aliphatic hydroxyl groups is 1. The van der Waals surface area contributed by atoms with E-state index in [0.29, 0.717) is 10.8 Å². The summed E-state index contributed by atoms with van der Waals surface area (Å²) in [4.78, 5) is 0. The summed E-state index contributed by atoms with van der Waals surface area (Å²) in [6.07, 6.45) is 1.87. The van der Waals surface area contributed by atoms with E-state index in [1.807, 2.05) is 13.8 Å². The van der Waals surface area contributed by atoms with Gasteiger partial charge in [-0.2, -0.15) is 0 Å². The van der Waals surface area contributed by atoms with Gasteiger partial charge in [0.1, 0.15) is 4.21 Å². The third kappa shape index (κ3) is 4.56. The zero-order chi connectivity index (χ0) is 15.3. The highest BCUT2D eigenvalue weighted by molar-refractivity contribution is 7.91. The van der Waals surface area contributed by atoms with Crippen molar-refractivity contribution in [3.8, 4) is 0 Å². The predicted octanol–water partition coefficient (Wildman–Crippen LogP) is 3.03. The molecule has 20 heavy (non-hydrogen) atoms. The molecule has 0 bridgehead atoms. The fourth-order valence-corrected chi connectivity index (χ4v) is 4.70. The van der Waals surface area contributed by atoms with Crippen LogP contribution in [0.2, 0.25) is 4.34 Å². The van der Waals surface area contributed by atoms with Crippen LogP contribution in [0.5, 0.6) is 0 Å². The van der Waals surface area contributed by atoms with Crippen molar-refractivity contribution >= 4 is 33.0 Å². The Kier molecular flexibility index (Phi) is 6.68. The number of hydrogen-bond donors (Lipinski definition) is 2. The first-order chi connectivity index (χ1) is 9.31. The molecule has 1 rings (SSSR count). The maximum atomic E-state index is 12.3. The van der Waals surface area contributed by atoms with Gasteiger partial charge in [0, 0.05) is 0 Å². The Balaban J connectivity index is 2.96. The van der Waals surface area contributed by atoms with E-state index in [9.17, 15) is 13.5 Å². The lowest BCUT2D eigenvalue weighted by atomic mass is 9.94. The molecule has 0 fully saturated rings. The zero-order valence-electron chi connectivity index (χ0n) is 11.5. The summed E-state index contributed by atoms with van der Waals surface area (Å²) in [5.41, 5.74) is 0. The Labute approximate surface area is 129 Å². The molecule has 1 unspecified atom stereocenters. The molecule has 0 spiro atoms. The van der Waals surface area contributed by atoms with E-state index in [-0.39, 0.29) is 10.1 Å². The first kappa shape index (κ1) is 17.7. The van der Waals surface area contributed by atoms with Crippen LogP contribution in [0.3, 0.4) is 0 Å². The lowest BCUT2D eigenvalue weighted by molar-refractivity contribution is 0.114. The van der Waals surface area contributed by atoms with Gasteiger partial charge in [0.15, 0.2) is 0 Å². The summed E-state index contributed by atoms with van der Waals surface area (Å²) < 4.78 is 27.7. The number of aliphatic hydroxyl groups excluding tert-OH is 1. The van der Waals surface area contributed by atoms with Gasteiger partial charge >= 0.3 is 0 Å². The second kappa shape index (κ2) is 7.56. The maximum Gasteiger partial charge on any atom is 0.250 e. The summed E-state index contributed by atoms with van der Waals surface area (Å²) in [5.74, 6) is 0.00941. The third-order valence-electron chi connectivity index (χ3n) is 3.18. The number of sulfonamides is 1. The molecule has 7 heteroatoms. The molecule has 0 radical (unpaired) electrons. The van der Waals surface area contributed by atoms with Crippen LogP contribution in [-0.4, -0.2) is 25.7 Å². The van der Waals surface area contributed by atoms with Crippen molar-refractivity contribution in [3.63, 3.8) is 0 Å². The molecule has 0 saturated heterocycles. The molecular weight excluding hydrogens is 318 g/mol. The highest BCUT2D eigenvalue weighted by Gasteiger charge is 2.29. The second-order valence-electron chi connectivity index (χ2n) is 4.68. The van der Waals surface area contributed by atoms with E-state index in [2.05, 4.69) is 11.3 Å². The fourth-order valence-electron chi connectivity index (χ4n) is 1.82. The van der Waals surface area contributed by atoms with Crippen LogP contribution in [0.1, 0.15) is 26.7 Å². The molecule has 1 heterocycles. The summed E-state index contributed by atoms with van der Waals surface area (Å²) >= 11 is 6.76. The van der Waals surface area contributed by atoms with Crippen molar-refractivity contribution in [2.75, 3.05) is 0 Å². The van der Waals surface area contributed by atoms with Crippen molar-refractivity contribution in [1.82, 2.24) is 4.72 Å². The van der Waals surface area contributed by atoms with Crippen LogP contribution in [0.15, 0.2) is 29.0 Å². The quantitative estimate of drug-likeness (QED) is 0.716. The topological polar surface area (TPSA) is 66.4 Å². The van der Waals surface area contributed by atoms with Gasteiger partial charge in [-0.05, 0) is 24.5 Å². The van der Waals surface area contributed by atoms with Crippen LogP contribution >= 0.6 is 22.9 Å². The standard InChI is InChI=1S/C13H20ClNO3S2/c1-4-6-10(16)13(9(3)5-2)15-20(17,18)12-8-7-11(14)19-12/h4,7-10,13,15-16H,1,5-6H2,2-3H3/t9-,10-,13?/m0/s1. The molecular formula is C13H20ClNO3S2. The van der Waals surface area contributed by atoms with Gasteiger partial charge in [-0.15, -0.1) is 17.9 Å². The van der Waals surface area contributed by atoms with E-state index in [0.717, 1.165) is 17.8 Å². The van der Waals surface area contributed by atoms with E-state index < -0.39 is 22.2 Å². The molecule has 0 aromatic carbocycles. The van der Waals surface area contributed by atoms with Gasteiger partial charge in [0.05, 0.1) is 16.5 Å². The molecule has 2 N–H and O–H groups in total. The molecule has 0 aliphatic carbocycles. The summed E-state index contributed by atoms with van der Waals surface area (Å²) in [6.45, 7) is 7.43. The van der Waals surface area contributed by atoms with Gasteiger partial charge < -0.3 is 5.11 Å². The average Bonchev–Trinajstić information content (AvgIpc) is 2.83. The molecule has 4 nitrogen and oxygen atoms in total. The van der Waals surface area contributed by atoms with Gasteiger partial charge in [-0.25, -0.2) is 13.1 Å². The summed E-state index contributed by atoms with van der Waals surface area (Å²) in [5, 5.41) is 10.1. The minimum Gasteiger partial charge on any atom is -0.391 e. The Morgan fingerprint density at radius 1 is 1.55 bits per heavy atom. The van der Waals surface area contributed by atoms with Crippen LogP contribution in [0, 0.1) is 5.92 Å². The van der Waals surface area contributed by atoms with Gasteiger partial charge in [-0.3, -0.25) is 0 Å². The highest BCUT2D eigenvalue weighted by atomic mass is 35.5. The first-order valence-corrected chi connectivity index (χ1v) is 9.06.